The smallest absolute Gasteiger partial charge is 0.289 e. The zero-order valence-corrected chi connectivity index (χ0v) is 14.9. The van der Waals surface area contributed by atoms with E-state index < -0.39 is 0 Å². The molecule has 0 spiro atoms. The molecule has 1 fully saturated rings. The summed E-state index contributed by atoms with van der Waals surface area (Å²) < 4.78 is 5.17. The van der Waals surface area contributed by atoms with Crippen LogP contribution in [-0.4, -0.2) is 45.8 Å². The van der Waals surface area contributed by atoms with Crippen LogP contribution < -0.4 is 11.1 Å². The number of furan rings is 1. The molecule has 2 amide bonds. The Morgan fingerprint density at radius 2 is 2.19 bits per heavy atom. The Labute approximate surface area is 151 Å². The van der Waals surface area contributed by atoms with Crippen molar-refractivity contribution in [3.8, 4) is 0 Å². The number of rotatable bonds is 4. The van der Waals surface area contributed by atoms with Crippen molar-refractivity contribution in [3.05, 3.63) is 41.6 Å². The lowest BCUT2D eigenvalue weighted by molar-refractivity contribution is 0.0646. The average Bonchev–Trinajstić information content (AvgIpc) is 3.15. The van der Waals surface area contributed by atoms with Crippen molar-refractivity contribution >= 4 is 17.8 Å². The van der Waals surface area contributed by atoms with Crippen LogP contribution in [0, 0.1) is 0 Å². The summed E-state index contributed by atoms with van der Waals surface area (Å²) in [6, 6.07) is 4.84. The SMILES string of the molecule is CC(C)c1cc(C(=O)N[C@@H]2CCCN(C(=O)c3ccco3)C2)nc(N)n1. The third-order valence-electron chi connectivity index (χ3n) is 4.36. The van der Waals surface area contributed by atoms with E-state index >= 15 is 0 Å². The van der Waals surface area contributed by atoms with Crippen LogP contribution in [0.1, 0.15) is 59.3 Å². The Balaban J connectivity index is 1.67. The monoisotopic (exact) mass is 357 g/mol. The van der Waals surface area contributed by atoms with Gasteiger partial charge in [-0.1, -0.05) is 13.8 Å². The number of carbonyl (C=O) groups is 2. The van der Waals surface area contributed by atoms with Gasteiger partial charge in [0.05, 0.1) is 6.26 Å². The first kappa shape index (κ1) is 17.9. The van der Waals surface area contributed by atoms with Crippen molar-refractivity contribution in [1.82, 2.24) is 20.2 Å². The molecule has 8 heteroatoms. The number of likely N-dealkylation sites (tertiary alicyclic amines) is 1. The molecule has 3 rings (SSSR count). The van der Waals surface area contributed by atoms with Crippen molar-refractivity contribution < 1.29 is 14.0 Å². The van der Waals surface area contributed by atoms with Crippen LogP contribution in [-0.2, 0) is 0 Å². The van der Waals surface area contributed by atoms with E-state index in [1.165, 1.54) is 6.26 Å². The minimum absolute atomic E-state index is 0.0830. The van der Waals surface area contributed by atoms with Crippen LogP contribution >= 0.6 is 0 Å². The van der Waals surface area contributed by atoms with Gasteiger partial charge in [0.25, 0.3) is 11.8 Å². The molecule has 8 nitrogen and oxygen atoms in total. The van der Waals surface area contributed by atoms with E-state index in [9.17, 15) is 9.59 Å². The predicted molar refractivity (Wildman–Crippen MR) is 95.6 cm³/mol. The molecule has 0 bridgehead atoms. The Hall–Kier alpha value is -2.90. The molecule has 1 aliphatic rings. The van der Waals surface area contributed by atoms with Crippen molar-refractivity contribution in [3.63, 3.8) is 0 Å². The van der Waals surface area contributed by atoms with Gasteiger partial charge in [0.2, 0.25) is 5.95 Å². The lowest BCUT2D eigenvalue weighted by Gasteiger charge is -2.32. The number of carbonyl (C=O) groups excluding carboxylic acids is 2. The number of nitrogens with zero attached hydrogens (tertiary/aromatic N) is 3. The first-order chi connectivity index (χ1) is 12.4. The molecule has 1 saturated heterocycles. The molecule has 0 radical (unpaired) electrons. The van der Waals surface area contributed by atoms with E-state index in [1.807, 2.05) is 13.8 Å². The van der Waals surface area contributed by atoms with Gasteiger partial charge in [0, 0.05) is 24.8 Å². The largest absolute Gasteiger partial charge is 0.459 e. The van der Waals surface area contributed by atoms with E-state index in [0.717, 1.165) is 18.5 Å². The lowest BCUT2D eigenvalue weighted by atomic mass is 10.0. The summed E-state index contributed by atoms with van der Waals surface area (Å²) >= 11 is 0. The maximum Gasteiger partial charge on any atom is 0.289 e. The van der Waals surface area contributed by atoms with Crippen LogP contribution in [0.3, 0.4) is 0 Å². The Bertz CT molecular complexity index is 788. The second-order valence-corrected chi connectivity index (χ2v) is 6.73. The number of aromatic nitrogens is 2. The molecule has 1 aliphatic heterocycles. The lowest BCUT2D eigenvalue weighted by Crippen LogP contribution is -2.49. The molecular weight excluding hydrogens is 334 g/mol. The van der Waals surface area contributed by atoms with Gasteiger partial charge in [-0.25, -0.2) is 9.97 Å². The molecule has 0 saturated carbocycles. The number of nitrogens with two attached hydrogens (primary N) is 1. The Morgan fingerprint density at radius 3 is 2.88 bits per heavy atom. The van der Waals surface area contributed by atoms with Crippen molar-refractivity contribution in [2.75, 3.05) is 18.8 Å². The van der Waals surface area contributed by atoms with E-state index in [0.29, 0.717) is 18.8 Å². The van der Waals surface area contributed by atoms with Gasteiger partial charge in [-0.05, 0) is 37.0 Å². The molecular formula is C18H23N5O3. The zero-order chi connectivity index (χ0) is 18.7. The van der Waals surface area contributed by atoms with Crippen LogP contribution in [0.15, 0.2) is 28.9 Å². The van der Waals surface area contributed by atoms with Gasteiger partial charge < -0.3 is 20.4 Å². The molecule has 2 aromatic rings. The van der Waals surface area contributed by atoms with Gasteiger partial charge in [-0.15, -0.1) is 0 Å². The van der Waals surface area contributed by atoms with Crippen LogP contribution in [0.2, 0.25) is 0 Å². The molecule has 3 heterocycles. The minimum Gasteiger partial charge on any atom is -0.459 e. The molecule has 2 aromatic heterocycles. The summed E-state index contributed by atoms with van der Waals surface area (Å²) in [4.78, 5) is 34.9. The highest BCUT2D eigenvalue weighted by Crippen LogP contribution is 2.16. The van der Waals surface area contributed by atoms with E-state index in [-0.39, 0.29) is 35.4 Å². The highest BCUT2D eigenvalue weighted by molar-refractivity contribution is 5.93. The summed E-state index contributed by atoms with van der Waals surface area (Å²) in [7, 11) is 0. The fraction of sp³-hybridized carbons (Fsp3) is 0.444. The summed E-state index contributed by atoms with van der Waals surface area (Å²) in [5.41, 5.74) is 6.69. The summed E-state index contributed by atoms with van der Waals surface area (Å²) in [6.07, 6.45) is 3.08. The van der Waals surface area contributed by atoms with Crippen molar-refractivity contribution in [1.29, 1.82) is 0 Å². The number of piperidine rings is 1. The van der Waals surface area contributed by atoms with Crippen molar-refractivity contribution in [2.45, 2.75) is 38.6 Å². The molecule has 138 valence electrons. The molecule has 3 N–H and O–H groups in total. The fourth-order valence-corrected chi connectivity index (χ4v) is 2.99. The topological polar surface area (TPSA) is 114 Å². The van der Waals surface area contributed by atoms with Gasteiger partial charge >= 0.3 is 0 Å². The van der Waals surface area contributed by atoms with Gasteiger partial charge in [-0.2, -0.15) is 0 Å². The minimum atomic E-state index is -0.307. The number of hydrogen-bond acceptors (Lipinski definition) is 6. The Morgan fingerprint density at radius 1 is 1.38 bits per heavy atom. The first-order valence-electron chi connectivity index (χ1n) is 8.72. The van der Waals surface area contributed by atoms with Crippen LogP contribution in [0.25, 0.3) is 0 Å². The van der Waals surface area contributed by atoms with Crippen LogP contribution in [0.4, 0.5) is 5.95 Å². The van der Waals surface area contributed by atoms with E-state index in [1.54, 1.807) is 23.1 Å². The fourth-order valence-electron chi connectivity index (χ4n) is 2.99. The third kappa shape index (κ3) is 4.01. The average molecular weight is 357 g/mol. The van der Waals surface area contributed by atoms with Gasteiger partial charge in [-0.3, -0.25) is 9.59 Å². The van der Waals surface area contributed by atoms with E-state index in [4.69, 9.17) is 10.2 Å². The quantitative estimate of drug-likeness (QED) is 0.862. The summed E-state index contributed by atoms with van der Waals surface area (Å²) in [6.45, 7) is 5.03. The second-order valence-electron chi connectivity index (χ2n) is 6.73. The van der Waals surface area contributed by atoms with Crippen LogP contribution in [0.5, 0.6) is 0 Å². The maximum atomic E-state index is 12.6. The summed E-state index contributed by atoms with van der Waals surface area (Å²) in [5, 5.41) is 2.95. The van der Waals surface area contributed by atoms with Crippen molar-refractivity contribution in [2.24, 2.45) is 0 Å². The highest BCUT2D eigenvalue weighted by atomic mass is 16.3. The zero-order valence-electron chi connectivity index (χ0n) is 14.9. The van der Waals surface area contributed by atoms with E-state index in [2.05, 4.69) is 15.3 Å². The normalized spacial score (nSPS) is 17.3. The second kappa shape index (κ2) is 7.55. The van der Waals surface area contributed by atoms with Gasteiger partial charge in [0.15, 0.2) is 5.76 Å². The number of amides is 2. The number of nitrogens with one attached hydrogen (secondary N) is 1. The molecule has 0 unspecified atom stereocenters. The molecule has 26 heavy (non-hydrogen) atoms. The molecule has 0 aromatic carbocycles. The number of hydrogen-bond donors (Lipinski definition) is 2. The number of nitrogen functional groups attached to an aromatic ring is 1. The first-order valence-corrected chi connectivity index (χ1v) is 8.72. The molecule has 1 atom stereocenters. The molecule has 0 aliphatic carbocycles. The standard InChI is InChI=1S/C18H23N5O3/c1-11(2)13-9-14(22-18(19)21-13)16(24)20-12-5-3-7-23(10-12)17(25)15-6-4-8-26-15/h4,6,8-9,11-12H,3,5,7,10H2,1-2H3,(H,20,24)(H2,19,21,22)/t12-/m1/s1. The third-order valence-corrected chi connectivity index (χ3v) is 4.36. The van der Waals surface area contributed by atoms with Gasteiger partial charge in [0.1, 0.15) is 5.69 Å². The predicted octanol–water partition coefficient (Wildman–Crippen LogP) is 1.81. The maximum absolute atomic E-state index is 12.6. The number of anilines is 1. The highest BCUT2D eigenvalue weighted by Gasteiger charge is 2.27. The summed E-state index contributed by atoms with van der Waals surface area (Å²) in [5.74, 6) is 0.0605. The Kier molecular flexibility index (Phi) is 5.20.